The molecule has 16 heavy (non-hydrogen) atoms. The maximum atomic E-state index is 12.6. The molecule has 0 amide bonds. The number of rotatable bonds is 3. The van der Waals surface area contributed by atoms with Gasteiger partial charge < -0.3 is 10.4 Å². The summed E-state index contributed by atoms with van der Waals surface area (Å²) in [4.78, 5) is 0. The van der Waals surface area contributed by atoms with Gasteiger partial charge in [0.05, 0.1) is 22.4 Å². The Kier molecular flexibility index (Phi) is 4.04. The first-order valence-corrected chi connectivity index (χ1v) is 4.98. The van der Waals surface area contributed by atoms with E-state index in [1.807, 2.05) is 0 Å². The summed E-state index contributed by atoms with van der Waals surface area (Å²) in [5.74, 6) is 0. The van der Waals surface area contributed by atoms with Crippen molar-refractivity contribution >= 4 is 17.3 Å². The molecule has 1 rings (SSSR count). The molecule has 0 spiro atoms. The molecule has 1 aromatic carbocycles. The van der Waals surface area contributed by atoms with E-state index in [4.69, 9.17) is 16.7 Å². The Morgan fingerprint density at radius 3 is 2.56 bits per heavy atom. The highest BCUT2D eigenvalue weighted by molar-refractivity contribution is 6.33. The van der Waals surface area contributed by atoms with Gasteiger partial charge in [0, 0.05) is 6.54 Å². The zero-order valence-corrected chi connectivity index (χ0v) is 9.23. The van der Waals surface area contributed by atoms with Crippen molar-refractivity contribution in [2.45, 2.75) is 19.2 Å². The van der Waals surface area contributed by atoms with Crippen molar-refractivity contribution in [3.8, 4) is 0 Å². The van der Waals surface area contributed by atoms with E-state index in [-0.39, 0.29) is 17.3 Å². The normalized spacial score (nSPS) is 13.6. The van der Waals surface area contributed by atoms with Crippen LogP contribution < -0.4 is 5.32 Å². The zero-order chi connectivity index (χ0) is 12.3. The molecule has 0 heterocycles. The number of hydrogen-bond donors (Lipinski definition) is 2. The van der Waals surface area contributed by atoms with Gasteiger partial charge in [-0.2, -0.15) is 13.2 Å². The second-order valence-electron chi connectivity index (χ2n) is 3.39. The number of hydrogen-bond acceptors (Lipinski definition) is 2. The van der Waals surface area contributed by atoms with E-state index in [1.165, 1.54) is 19.1 Å². The molecule has 0 aliphatic heterocycles. The number of alkyl halides is 3. The van der Waals surface area contributed by atoms with Gasteiger partial charge in [0.2, 0.25) is 0 Å². The van der Waals surface area contributed by atoms with Crippen LogP contribution in [-0.4, -0.2) is 17.8 Å². The Morgan fingerprint density at radius 2 is 2.06 bits per heavy atom. The monoisotopic (exact) mass is 253 g/mol. The molecule has 2 N–H and O–H groups in total. The summed E-state index contributed by atoms with van der Waals surface area (Å²) in [6.45, 7) is 1.48. The van der Waals surface area contributed by atoms with Gasteiger partial charge in [-0.25, -0.2) is 0 Å². The average Bonchev–Trinajstić information content (AvgIpc) is 2.13. The van der Waals surface area contributed by atoms with Crippen molar-refractivity contribution in [2.75, 3.05) is 11.9 Å². The zero-order valence-electron chi connectivity index (χ0n) is 8.48. The van der Waals surface area contributed by atoms with E-state index < -0.39 is 17.8 Å². The predicted octanol–water partition coefficient (Wildman–Crippen LogP) is 3.15. The lowest BCUT2D eigenvalue weighted by Crippen LogP contribution is -2.18. The van der Waals surface area contributed by atoms with Crippen LogP contribution in [0.25, 0.3) is 0 Å². The molecule has 0 unspecified atom stereocenters. The third-order valence-electron chi connectivity index (χ3n) is 1.89. The fourth-order valence-corrected chi connectivity index (χ4v) is 1.43. The summed E-state index contributed by atoms with van der Waals surface area (Å²) in [6, 6.07) is 3.54. The Bertz CT molecular complexity index is 366. The number of aliphatic hydroxyl groups excluding tert-OH is 1. The first-order chi connectivity index (χ1) is 7.32. The van der Waals surface area contributed by atoms with Gasteiger partial charge in [0.25, 0.3) is 0 Å². The molecule has 0 fully saturated rings. The summed E-state index contributed by atoms with van der Waals surface area (Å²) in [5.41, 5.74) is -1.03. The van der Waals surface area contributed by atoms with Crippen molar-refractivity contribution in [3.63, 3.8) is 0 Å². The van der Waals surface area contributed by atoms with Crippen molar-refractivity contribution in [2.24, 2.45) is 0 Å². The van der Waals surface area contributed by atoms with Gasteiger partial charge in [0.1, 0.15) is 0 Å². The fourth-order valence-electron chi connectivity index (χ4n) is 1.19. The summed E-state index contributed by atoms with van der Waals surface area (Å²) >= 11 is 5.67. The van der Waals surface area contributed by atoms with Crippen LogP contribution in [0.5, 0.6) is 0 Å². The molecule has 0 saturated carbocycles. The lowest BCUT2D eigenvalue weighted by atomic mass is 10.1. The van der Waals surface area contributed by atoms with Crippen LogP contribution in [0, 0.1) is 0 Å². The minimum Gasteiger partial charge on any atom is -0.392 e. The number of para-hydroxylation sites is 1. The molecule has 90 valence electrons. The topological polar surface area (TPSA) is 32.3 Å². The molecule has 0 aliphatic rings. The first kappa shape index (κ1) is 13.1. The Labute approximate surface area is 96.0 Å². The van der Waals surface area contributed by atoms with Crippen LogP contribution in [0.1, 0.15) is 12.5 Å². The van der Waals surface area contributed by atoms with Crippen LogP contribution >= 0.6 is 11.6 Å². The Hall–Kier alpha value is -0.940. The van der Waals surface area contributed by atoms with Gasteiger partial charge in [-0.3, -0.25) is 0 Å². The van der Waals surface area contributed by atoms with E-state index in [0.29, 0.717) is 0 Å². The van der Waals surface area contributed by atoms with Crippen LogP contribution in [0.15, 0.2) is 18.2 Å². The van der Waals surface area contributed by atoms with Crippen LogP contribution in [0.4, 0.5) is 18.9 Å². The Balaban J connectivity index is 3.04. The van der Waals surface area contributed by atoms with Crippen molar-refractivity contribution in [1.82, 2.24) is 0 Å². The van der Waals surface area contributed by atoms with Crippen molar-refractivity contribution in [1.29, 1.82) is 0 Å². The molecule has 0 aliphatic carbocycles. The SMILES string of the molecule is C[C@H](O)CNc1c(Cl)cccc1C(F)(F)F. The van der Waals surface area contributed by atoms with E-state index in [1.54, 1.807) is 0 Å². The maximum absolute atomic E-state index is 12.6. The van der Waals surface area contributed by atoms with Gasteiger partial charge in [-0.15, -0.1) is 0 Å². The van der Waals surface area contributed by atoms with E-state index in [0.717, 1.165) is 6.07 Å². The highest BCUT2D eigenvalue weighted by atomic mass is 35.5. The lowest BCUT2D eigenvalue weighted by molar-refractivity contribution is -0.137. The van der Waals surface area contributed by atoms with Gasteiger partial charge >= 0.3 is 6.18 Å². The van der Waals surface area contributed by atoms with E-state index >= 15 is 0 Å². The quantitative estimate of drug-likeness (QED) is 0.867. The van der Waals surface area contributed by atoms with Gasteiger partial charge in [-0.05, 0) is 19.1 Å². The smallest absolute Gasteiger partial charge is 0.392 e. The fraction of sp³-hybridized carbons (Fsp3) is 0.400. The highest BCUT2D eigenvalue weighted by Crippen LogP contribution is 2.38. The molecule has 2 nitrogen and oxygen atoms in total. The highest BCUT2D eigenvalue weighted by Gasteiger charge is 2.34. The summed E-state index contributed by atoms with van der Waals surface area (Å²) in [6.07, 6.45) is -5.22. The number of halogens is 4. The minimum atomic E-state index is -4.47. The van der Waals surface area contributed by atoms with E-state index in [9.17, 15) is 13.2 Å². The maximum Gasteiger partial charge on any atom is 0.418 e. The molecule has 0 saturated heterocycles. The van der Waals surface area contributed by atoms with Crippen LogP contribution in [0.2, 0.25) is 5.02 Å². The van der Waals surface area contributed by atoms with Gasteiger partial charge in [0.15, 0.2) is 0 Å². The van der Waals surface area contributed by atoms with Crippen LogP contribution in [-0.2, 0) is 6.18 Å². The molecular formula is C10H11ClF3NO. The third kappa shape index (κ3) is 3.28. The number of anilines is 1. The standard InChI is InChI=1S/C10H11ClF3NO/c1-6(16)5-15-9-7(10(12,13)14)3-2-4-8(9)11/h2-4,6,15-16H,5H2,1H3/t6-/m0/s1. The predicted molar refractivity (Wildman–Crippen MR) is 56.6 cm³/mol. The van der Waals surface area contributed by atoms with Crippen LogP contribution in [0.3, 0.4) is 0 Å². The summed E-state index contributed by atoms with van der Waals surface area (Å²) in [7, 11) is 0. The second kappa shape index (κ2) is 4.93. The van der Waals surface area contributed by atoms with E-state index in [2.05, 4.69) is 5.32 Å². The number of benzene rings is 1. The summed E-state index contributed by atoms with van der Waals surface area (Å²) < 4.78 is 37.8. The largest absolute Gasteiger partial charge is 0.418 e. The molecule has 0 radical (unpaired) electrons. The number of nitrogens with one attached hydrogen (secondary N) is 1. The molecule has 0 aromatic heterocycles. The molecule has 1 aromatic rings. The molecule has 6 heteroatoms. The van der Waals surface area contributed by atoms with Gasteiger partial charge in [-0.1, -0.05) is 17.7 Å². The molecular weight excluding hydrogens is 243 g/mol. The Morgan fingerprint density at radius 1 is 1.44 bits per heavy atom. The average molecular weight is 254 g/mol. The molecule has 0 bridgehead atoms. The third-order valence-corrected chi connectivity index (χ3v) is 2.21. The lowest BCUT2D eigenvalue weighted by Gasteiger charge is -2.16. The first-order valence-electron chi connectivity index (χ1n) is 4.60. The summed E-state index contributed by atoms with van der Waals surface area (Å²) in [5, 5.41) is 11.5. The number of aliphatic hydroxyl groups is 1. The minimum absolute atomic E-state index is 0.00676. The van der Waals surface area contributed by atoms with Crippen molar-refractivity contribution < 1.29 is 18.3 Å². The van der Waals surface area contributed by atoms with Crippen molar-refractivity contribution in [3.05, 3.63) is 28.8 Å². The second-order valence-corrected chi connectivity index (χ2v) is 3.80. The molecule has 1 atom stereocenters.